The van der Waals surface area contributed by atoms with Gasteiger partial charge in [0.1, 0.15) is 10.9 Å². The van der Waals surface area contributed by atoms with Gasteiger partial charge in [0, 0.05) is 16.8 Å². The first-order valence-electron chi connectivity index (χ1n) is 10.8. The highest BCUT2D eigenvalue weighted by Crippen LogP contribution is 2.39. The Bertz CT molecular complexity index is 1450. The van der Waals surface area contributed by atoms with Crippen molar-refractivity contribution in [3.8, 4) is 5.88 Å². The van der Waals surface area contributed by atoms with E-state index in [-0.39, 0.29) is 17.1 Å². The van der Waals surface area contributed by atoms with Crippen molar-refractivity contribution in [1.82, 2.24) is 14.1 Å². The number of para-hydroxylation sites is 1. The van der Waals surface area contributed by atoms with Crippen molar-refractivity contribution < 1.29 is 9.90 Å². The van der Waals surface area contributed by atoms with Gasteiger partial charge in [0.25, 0.3) is 11.5 Å². The largest absolute Gasteiger partial charge is 0.493 e. The van der Waals surface area contributed by atoms with Crippen molar-refractivity contribution in [2.75, 3.05) is 0 Å². The summed E-state index contributed by atoms with van der Waals surface area (Å²) in [4.78, 5) is 32.5. The van der Waals surface area contributed by atoms with E-state index in [9.17, 15) is 14.7 Å². The zero-order valence-electron chi connectivity index (χ0n) is 17.9. The third-order valence-electron chi connectivity index (χ3n) is 6.16. The molecule has 8 nitrogen and oxygen atoms in total. The number of benzene rings is 1. The lowest BCUT2D eigenvalue weighted by atomic mass is 9.97. The number of fused-ring (bicyclic) bond motifs is 4. The third-order valence-corrected chi connectivity index (χ3v) is 7.36. The van der Waals surface area contributed by atoms with Crippen LogP contribution in [0, 0.1) is 0 Å². The van der Waals surface area contributed by atoms with Gasteiger partial charge >= 0.3 is 0 Å². The van der Waals surface area contributed by atoms with Crippen molar-refractivity contribution >= 4 is 44.1 Å². The van der Waals surface area contributed by atoms with Gasteiger partial charge in [-0.3, -0.25) is 14.2 Å². The fourth-order valence-electron chi connectivity index (χ4n) is 4.43. The van der Waals surface area contributed by atoms with Gasteiger partial charge in [-0.15, -0.1) is 21.6 Å². The molecule has 32 heavy (non-hydrogen) atoms. The summed E-state index contributed by atoms with van der Waals surface area (Å²) in [7, 11) is 0. The number of aromatic hydroxyl groups is 1. The van der Waals surface area contributed by atoms with Crippen molar-refractivity contribution in [1.29, 1.82) is 0 Å². The summed E-state index contributed by atoms with van der Waals surface area (Å²) in [5, 5.41) is 19.8. The third kappa shape index (κ3) is 3.15. The average molecular weight is 450 g/mol. The van der Waals surface area contributed by atoms with E-state index in [1.165, 1.54) is 15.8 Å². The molecule has 1 aliphatic rings. The minimum absolute atomic E-state index is 0.0388. The quantitative estimate of drug-likeness (QED) is 0.448. The number of thiophene rings is 1. The first-order valence-corrected chi connectivity index (χ1v) is 11.6. The summed E-state index contributed by atoms with van der Waals surface area (Å²) in [5.41, 5.74) is 1.93. The topological polar surface area (TPSA) is 102 Å². The lowest BCUT2D eigenvalue weighted by Crippen LogP contribution is -2.27. The van der Waals surface area contributed by atoms with Crippen LogP contribution >= 0.6 is 11.3 Å². The molecule has 1 amide bonds. The number of aryl methyl sites for hydroxylation is 3. The van der Waals surface area contributed by atoms with Crippen molar-refractivity contribution in [2.24, 2.45) is 10.2 Å². The highest BCUT2D eigenvalue weighted by Gasteiger charge is 2.24. The maximum atomic E-state index is 13.2. The van der Waals surface area contributed by atoms with Crippen LogP contribution in [0.1, 0.15) is 43.2 Å². The van der Waals surface area contributed by atoms with Crippen LogP contribution in [-0.2, 0) is 24.2 Å². The number of amides is 1. The molecule has 0 unspecified atom stereocenters. The smallest absolute Gasteiger partial charge is 0.287 e. The predicted octanol–water partition coefficient (Wildman–Crippen LogP) is 4.89. The minimum Gasteiger partial charge on any atom is -0.493 e. The van der Waals surface area contributed by atoms with Crippen LogP contribution < -0.4 is 5.56 Å². The number of hydrogen-bond acceptors (Lipinski definition) is 6. The van der Waals surface area contributed by atoms with E-state index in [0.29, 0.717) is 17.3 Å². The summed E-state index contributed by atoms with van der Waals surface area (Å²) in [6.07, 6.45) is 5.47. The molecular formula is C23H23N5O3S. The van der Waals surface area contributed by atoms with Gasteiger partial charge in [0.2, 0.25) is 5.88 Å². The van der Waals surface area contributed by atoms with Gasteiger partial charge in [0.15, 0.2) is 5.69 Å². The van der Waals surface area contributed by atoms with Crippen molar-refractivity contribution in [3.63, 3.8) is 0 Å². The maximum Gasteiger partial charge on any atom is 0.287 e. The number of carbonyl (C=O) groups is 1. The number of rotatable bonds is 4. The lowest BCUT2D eigenvalue weighted by Gasteiger charge is -2.12. The molecule has 0 bridgehead atoms. The molecule has 1 aromatic carbocycles. The molecular weight excluding hydrogens is 426 g/mol. The Morgan fingerprint density at radius 2 is 2.06 bits per heavy atom. The second kappa shape index (κ2) is 7.98. The lowest BCUT2D eigenvalue weighted by molar-refractivity contribution is -0.121. The van der Waals surface area contributed by atoms with Gasteiger partial charge in [-0.1, -0.05) is 18.2 Å². The summed E-state index contributed by atoms with van der Waals surface area (Å²) in [6.45, 7) is 4.08. The highest BCUT2D eigenvalue weighted by atomic mass is 32.1. The zero-order chi connectivity index (χ0) is 22.4. The number of azo groups is 1. The first-order chi connectivity index (χ1) is 15.5. The van der Waals surface area contributed by atoms with Crippen LogP contribution in [0.15, 0.2) is 45.6 Å². The summed E-state index contributed by atoms with van der Waals surface area (Å²) in [5.74, 6) is -0.617. The molecule has 0 spiro atoms. The van der Waals surface area contributed by atoms with Crippen LogP contribution in [0.2, 0.25) is 0 Å². The van der Waals surface area contributed by atoms with Crippen LogP contribution in [0.4, 0.5) is 5.69 Å². The maximum absolute atomic E-state index is 13.2. The second-order valence-corrected chi connectivity index (χ2v) is 9.08. The molecule has 0 aliphatic heterocycles. The number of aromatic nitrogens is 3. The molecule has 1 atom stereocenters. The molecule has 1 N–H and O–H groups in total. The summed E-state index contributed by atoms with van der Waals surface area (Å²) >= 11 is 1.58. The fraction of sp³-hybridized carbons (Fsp3) is 0.348. The van der Waals surface area contributed by atoms with Crippen molar-refractivity contribution in [2.45, 2.75) is 52.1 Å². The van der Waals surface area contributed by atoms with E-state index in [1.807, 2.05) is 31.2 Å². The SMILES string of the molecule is CCn1c(O)c(N=NC(=O)[C@@H](C)n2cnc3sc4c(c3c2=O)CCCC4)c2ccccc21. The predicted molar refractivity (Wildman–Crippen MR) is 124 cm³/mol. The zero-order valence-corrected chi connectivity index (χ0v) is 18.7. The van der Waals surface area contributed by atoms with Crippen LogP contribution in [-0.4, -0.2) is 25.1 Å². The molecule has 9 heteroatoms. The van der Waals surface area contributed by atoms with Crippen LogP contribution in [0.25, 0.3) is 21.1 Å². The van der Waals surface area contributed by atoms with E-state index in [1.54, 1.807) is 22.8 Å². The summed E-state index contributed by atoms with van der Waals surface area (Å²) in [6, 6.07) is 6.56. The standard InChI is InChI=1S/C23H23N5O3S/c1-3-27-16-10-6-4-8-14(16)19(23(27)31)25-26-20(29)13(2)28-12-24-21-18(22(28)30)15-9-5-7-11-17(15)32-21/h4,6,8,10,12-13,31H,3,5,7,9,11H2,1-2H3/t13-/m1/s1. The molecule has 5 rings (SSSR count). The number of nitrogens with zero attached hydrogens (tertiary/aromatic N) is 5. The summed E-state index contributed by atoms with van der Waals surface area (Å²) < 4.78 is 3.04. The van der Waals surface area contributed by atoms with Crippen molar-refractivity contribution in [3.05, 3.63) is 51.4 Å². The van der Waals surface area contributed by atoms with E-state index in [0.717, 1.165) is 41.6 Å². The number of carbonyl (C=O) groups excluding carboxylic acids is 1. The Morgan fingerprint density at radius 3 is 2.88 bits per heavy atom. The van der Waals surface area contributed by atoms with E-state index in [4.69, 9.17) is 0 Å². The molecule has 4 aromatic rings. The van der Waals surface area contributed by atoms with Crippen LogP contribution in [0.5, 0.6) is 5.88 Å². The fourth-order valence-corrected chi connectivity index (χ4v) is 5.65. The molecule has 0 saturated heterocycles. The molecule has 0 fully saturated rings. The van der Waals surface area contributed by atoms with Gasteiger partial charge in [-0.05, 0) is 51.2 Å². The van der Waals surface area contributed by atoms with E-state index < -0.39 is 11.9 Å². The molecule has 0 saturated carbocycles. The first kappa shape index (κ1) is 20.6. The van der Waals surface area contributed by atoms with Gasteiger partial charge in [-0.25, -0.2) is 4.98 Å². The van der Waals surface area contributed by atoms with Gasteiger partial charge < -0.3 is 9.67 Å². The Kier molecular flexibility index (Phi) is 5.13. The molecule has 164 valence electrons. The number of hydrogen-bond donors (Lipinski definition) is 1. The molecule has 0 radical (unpaired) electrons. The Morgan fingerprint density at radius 1 is 1.28 bits per heavy atom. The van der Waals surface area contributed by atoms with E-state index >= 15 is 0 Å². The Hall–Kier alpha value is -3.33. The van der Waals surface area contributed by atoms with Gasteiger partial charge in [-0.2, -0.15) is 0 Å². The molecule has 1 aliphatic carbocycles. The van der Waals surface area contributed by atoms with Gasteiger partial charge in [0.05, 0.1) is 17.2 Å². The Balaban J connectivity index is 1.50. The molecule has 3 heterocycles. The second-order valence-electron chi connectivity index (χ2n) is 8.00. The monoisotopic (exact) mass is 449 g/mol. The average Bonchev–Trinajstić information content (AvgIpc) is 3.32. The Labute approximate surface area is 187 Å². The minimum atomic E-state index is -0.857. The normalized spacial score (nSPS) is 14.9. The van der Waals surface area contributed by atoms with Crippen LogP contribution in [0.3, 0.4) is 0 Å². The van der Waals surface area contributed by atoms with E-state index in [2.05, 4.69) is 15.2 Å². The molecule has 3 aromatic heterocycles. The highest BCUT2D eigenvalue weighted by molar-refractivity contribution is 7.18.